The Bertz CT molecular complexity index is 105. The highest BCUT2D eigenvalue weighted by molar-refractivity contribution is 4.72. The van der Waals surface area contributed by atoms with Crippen molar-refractivity contribution in [1.82, 2.24) is 10.6 Å². The Morgan fingerprint density at radius 2 is 2.33 bits per heavy atom. The fourth-order valence-corrected chi connectivity index (χ4v) is 0.727. The lowest BCUT2D eigenvalue weighted by molar-refractivity contribution is 0.0726. The van der Waals surface area contributed by atoms with Crippen LogP contribution in [0.1, 0.15) is 6.42 Å². The van der Waals surface area contributed by atoms with Gasteiger partial charge in [0.05, 0.1) is 6.17 Å². The third kappa shape index (κ3) is 1.85. The van der Waals surface area contributed by atoms with E-state index in [0.29, 0.717) is 0 Å². The highest BCUT2D eigenvalue weighted by atomic mass is 19.2. The molecule has 0 aliphatic carbocycles. The van der Waals surface area contributed by atoms with Crippen LogP contribution in [0, 0.1) is 0 Å². The first-order chi connectivity index (χ1) is 4.72. The van der Waals surface area contributed by atoms with Gasteiger partial charge in [-0.25, -0.2) is 14.1 Å². The largest absolute Gasteiger partial charge is 0.316 e. The summed E-state index contributed by atoms with van der Waals surface area (Å²) in [5, 5.41) is 4.26. The maximum atomic E-state index is 12.4. The molecule has 0 spiro atoms. The van der Waals surface area contributed by atoms with Crippen LogP contribution in [0.3, 0.4) is 0 Å². The van der Waals surface area contributed by atoms with Crippen molar-refractivity contribution in [2.75, 3.05) is 0 Å². The summed E-state index contributed by atoms with van der Waals surface area (Å²) in [5.41, 5.74) is 1.98. The number of hydrogen-bond donors (Lipinski definition) is 3. The van der Waals surface area contributed by atoms with Crippen LogP contribution in [0.25, 0.3) is 0 Å². The van der Waals surface area contributed by atoms with Crippen LogP contribution in [0.5, 0.6) is 0 Å². The average Bonchev–Trinajstić information content (AvgIpc) is 1.85. The van der Waals surface area contributed by atoms with Crippen LogP contribution in [-0.4, -0.2) is 18.9 Å². The minimum Gasteiger partial charge on any atom is -0.316 e. The van der Waals surface area contributed by atoms with Crippen molar-refractivity contribution in [2.45, 2.75) is 25.3 Å². The van der Waals surface area contributed by atoms with Gasteiger partial charge in [0.25, 0.3) is 0 Å². The molecule has 1 fully saturated rings. The van der Waals surface area contributed by atoms with Gasteiger partial charge >= 0.3 is 0 Å². The molecule has 1 saturated heterocycles. The molecule has 3 atom stereocenters. The number of nitrogens with two attached hydrogens (primary N) is 1. The first kappa shape index (κ1) is 5.52. The van der Waals surface area contributed by atoms with E-state index in [1.165, 1.54) is 0 Å². The Hall–Kier alpha value is -0.260. The maximum Gasteiger partial charge on any atom is 0.208 e. The summed E-state index contributed by atoms with van der Waals surface area (Å²) in [6, 6.07) is 0. The molecule has 1 aliphatic heterocycles. The molecule has 1 rings (SSSR count). The van der Waals surface area contributed by atoms with E-state index < -0.39 is 18.9 Å². The number of nitrogens with one attached hydrogen (secondary N) is 2. The molecule has 0 amide bonds. The van der Waals surface area contributed by atoms with E-state index in [9.17, 15) is 8.78 Å². The number of hydrogen-bond acceptors (Lipinski definition) is 3. The smallest absolute Gasteiger partial charge is 0.208 e. The molecule has 0 aromatic heterocycles. The molecular formula is C4H9F2N3. The minimum atomic E-state index is -1.56. The van der Waals surface area contributed by atoms with Crippen LogP contribution in [-0.2, 0) is 0 Å². The number of rotatable bonds is 1. The second-order valence-electron chi connectivity index (χ2n) is 1.95. The fraction of sp³-hybridized carbons (Fsp3) is 1.00. The van der Waals surface area contributed by atoms with Gasteiger partial charge in [0, 0.05) is 6.42 Å². The van der Waals surface area contributed by atoms with Gasteiger partial charge in [-0.2, -0.15) is 0 Å². The van der Waals surface area contributed by atoms with E-state index in [-0.39, 0.29) is 6.42 Å². The molecular weight excluding hydrogens is 128 g/mol. The van der Waals surface area contributed by atoms with Gasteiger partial charge in [0.2, 0.25) is 6.42 Å². The summed E-state index contributed by atoms with van der Waals surface area (Å²) in [6.45, 7) is 0. The van der Waals surface area contributed by atoms with Gasteiger partial charge < -0.3 is 5.73 Å². The van der Waals surface area contributed by atoms with Crippen LogP contribution >= 0.6 is 0 Å². The van der Waals surface area contributed by atoms with E-state index >= 15 is 0 Å². The molecule has 0 bridgehead atoms. The Morgan fingerprint density at radius 3 is 2.89 bits per heavy atom. The summed E-state index contributed by atoms with van der Waals surface area (Å²) in [5.74, 6) is 0. The molecule has 0 radical (unpaired) electrons. The Morgan fingerprint density at radius 1 is 1.56 bits per heavy atom. The predicted octanol–water partition coefficient (Wildman–Crippen LogP) is -0.597. The van der Waals surface area contributed by atoms with Crippen molar-refractivity contribution >= 4 is 0 Å². The predicted molar refractivity (Wildman–Crippen MR) is 28.7 cm³/mol. The third-order valence-electron chi connectivity index (χ3n) is 1.12. The van der Waals surface area contributed by atoms with E-state index in [1.54, 1.807) is 0 Å². The van der Waals surface area contributed by atoms with E-state index in [2.05, 4.69) is 5.32 Å². The van der Waals surface area contributed by atoms with Gasteiger partial charge in [-0.05, 0) is 0 Å². The first-order valence-corrected chi connectivity index (χ1v) is 2.70. The van der Waals surface area contributed by atoms with Crippen molar-refractivity contribution in [3.63, 3.8) is 0 Å². The van der Waals surface area contributed by atoms with E-state index in [1.807, 2.05) is 11.0 Å². The summed E-state index contributed by atoms with van der Waals surface area (Å²) in [6.07, 6.45) is -3.49. The Balaban J connectivity index is 2.35. The quantitative estimate of drug-likeness (QED) is 0.424. The molecule has 5 heteroatoms. The standard InChI is InChI=1S/C4H9F2N3/c5-2-1-3(7)9-4(6)8-2/h2-4,8-9H,1,7H2/i/hD. The lowest BCUT2D eigenvalue weighted by Crippen LogP contribution is -2.57. The topological polar surface area (TPSA) is 50.1 Å². The molecule has 0 saturated carbocycles. The van der Waals surface area contributed by atoms with Crippen molar-refractivity contribution in [3.05, 3.63) is 0 Å². The third-order valence-corrected chi connectivity index (χ3v) is 1.12. The normalized spacial score (nSPS) is 46.4. The van der Waals surface area contributed by atoms with Gasteiger partial charge in [-0.3, -0.25) is 5.32 Å². The molecule has 0 aromatic rings. The summed E-state index contributed by atoms with van der Waals surface area (Å²) >= 11 is 0. The molecule has 3 unspecified atom stereocenters. The summed E-state index contributed by atoms with van der Waals surface area (Å²) in [7, 11) is 0. The number of halogens is 2. The van der Waals surface area contributed by atoms with Crippen molar-refractivity contribution in [1.29, 1.82) is 0 Å². The lowest BCUT2D eigenvalue weighted by atomic mass is 10.3. The highest BCUT2D eigenvalue weighted by Crippen LogP contribution is 2.03. The summed E-state index contributed by atoms with van der Waals surface area (Å²) < 4.78 is 31.2. The zero-order valence-electron chi connectivity index (χ0n) is 5.70. The molecule has 4 N–H and O–H groups in total. The lowest BCUT2D eigenvalue weighted by Gasteiger charge is -2.26. The van der Waals surface area contributed by atoms with Crippen molar-refractivity contribution in [2.24, 2.45) is 5.73 Å². The molecule has 1 heterocycles. The summed E-state index contributed by atoms with van der Waals surface area (Å²) in [4.78, 5) is 0. The van der Waals surface area contributed by atoms with Crippen LogP contribution in [0.2, 0.25) is 1.41 Å². The maximum absolute atomic E-state index is 12.4. The SMILES string of the molecule is [2H]NC1CC(F)NC(F)N1. The van der Waals surface area contributed by atoms with Gasteiger partial charge in [0.1, 0.15) is 1.41 Å². The van der Waals surface area contributed by atoms with Crippen molar-refractivity contribution < 1.29 is 10.2 Å². The average molecular weight is 138 g/mol. The zero-order chi connectivity index (χ0) is 7.56. The first-order valence-electron chi connectivity index (χ1n) is 3.20. The van der Waals surface area contributed by atoms with Crippen LogP contribution in [0.4, 0.5) is 8.78 Å². The second-order valence-corrected chi connectivity index (χ2v) is 1.95. The second kappa shape index (κ2) is 2.55. The van der Waals surface area contributed by atoms with Gasteiger partial charge in [0.15, 0.2) is 6.30 Å². The van der Waals surface area contributed by atoms with E-state index in [0.717, 1.165) is 0 Å². The molecule has 3 nitrogen and oxygen atoms in total. The monoisotopic (exact) mass is 138 g/mol. The van der Waals surface area contributed by atoms with Crippen molar-refractivity contribution in [3.8, 4) is 0 Å². The van der Waals surface area contributed by atoms with Gasteiger partial charge in [-0.1, -0.05) is 0 Å². The van der Waals surface area contributed by atoms with Crippen LogP contribution in [0.15, 0.2) is 0 Å². The molecule has 0 aromatic carbocycles. The molecule has 54 valence electrons. The Kier molecular flexibility index (Phi) is 1.56. The molecule has 9 heavy (non-hydrogen) atoms. The Labute approximate surface area is 53.1 Å². The van der Waals surface area contributed by atoms with E-state index in [4.69, 9.17) is 1.41 Å². The number of alkyl halides is 2. The minimum absolute atomic E-state index is 0.0594. The van der Waals surface area contributed by atoms with Gasteiger partial charge in [-0.15, -0.1) is 0 Å². The fourth-order valence-electron chi connectivity index (χ4n) is 0.727. The zero-order valence-corrected chi connectivity index (χ0v) is 4.70. The molecule has 1 aliphatic rings. The highest BCUT2D eigenvalue weighted by Gasteiger charge is 2.23. The van der Waals surface area contributed by atoms with Crippen LogP contribution < -0.4 is 16.4 Å².